The molecule has 0 spiro atoms. The number of aliphatic imine (C=N–C) groups is 1. The largest absolute Gasteiger partial charge is 0.357 e. The van der Waals surface area contributed by atoms with Gasteiger partial charge in [-0.25, -0.2) is 18.1 Å². The average molecular weight is 390 g/mol. The second kappa shape index (κ2) is 9.73. The van der Waals surface area contributed by atoms with E-state index in [0.717, 1.165) is 0 Å². The zero-order chi connectivity index (χ0) is 18.9. The molecule has 10 heteroatoms. The first-order chi connectivity index (χ1) is 11.6. The minimum atomic E-state index is -3.47. The molecule has 0 aromatic carbocycles. The van der Waals surface area contributed by atoms with Crippen molar-refractivity contribution < 1.29 is 13.2 Å². The summed E-state index contributed by atoms with van der Waals surface area (Å²) in [6, 6.07) is 3.25. The summed E-state index contributed by atoms with van der Waals surface area (Å²) in [5.74, 6) is 0.282. The number of carbonyl (C=O) groups is 1. The highest BCUT2D eigenvalue weighted by molar-refractivity contribution is 7.91. The van der Waals surface area contributed by atoms with Crippen LogP contribution in [0.1, 0.15) is 27.7 Å². The van der Waals surface area contributed by atoms with Crippen molar-refractivity contribution in [3.05, 3.63) is 17.5 Å². The van der Waals surface area contributed by atoms with E-state index in [4.69, 9.17) is 0 Å². The summed E-state index contributed by atoms with van der Waals surface area (Å²) in [5, 5.41) is 10.5. The van der Waals surface area contributed by atoms with Gasteiger partial charge in [0.05, 0.1) is 0 Å². The van der Waals surface area contributed by atoms with Crippen LogP contribution in [0, 0.1) is 0 Å². The number of hydrogen-bond donors (Lipinski definition) is 4. The lowest BCUT2D eigenvalue weighted by molar-refractivity contribution is -0.121. The first-order valence-corrected chi connectivity index (χ1v) is 10.4. The Labute approximate surface area is 153 Å². The van der Waals surface area contributed by atoms with Crippen LogP contribution in [0.4, 0.5) is 0 Å². The molecule has 0 aliphatic carbocycles. The number of thiophene rings is 1. The number of rotatable bonds is 8. The Balaban J connectivity index is 2.45. The number of nitrogens with one attached hydrogen (secondary N) is 4. The Morgan fingerprint density at radius 2 is 1.96 bits per heavy atom. The number of guanidine groups is 1. The maximum atomic E-state index is 12.0. The summed E-state index contributed by atoms with van der Waals surface area (Å²) < 4.78 is 26.8. The summed E-state index contributed by atoms with van der Waals surface area (Å²) in [6.07, 6.45) is 0. The third-order valence-corrected chi connectivity index (χ3v) is 5.57. The predicted octanol–water partition coefficient (Wildman–Crippen LogP) is 0.496. The fourth-order valence-corrected chi connectivity index (χ4v) is 3.87. The molecule has 0 atom stereocenters. The summed E-state index contributed by atoms with van der Waals surface area (Å²) in [7, 11) is -3.47. The first-order valence-electron chi connectivity index (χ1n) is 8.00. The number of amides is 1. The van der Waals surface area contributed by atoms with Gasteiger partial charge in [0.15, 0.2) is 5.96 Å². The minimum absolute atomic E-state index is 0.00642. The van der Waals surface area contributed by atoms with Crippen molar-refractivity contribution >= 4 is 33.2 Å². The van der Waals surface area contributed by atoms with Crippen LogP contribution in [-0.2, 0) is 14.8 Å². The van der Waals surface area contributed by atoms with E-state index in [-0.39, 0.29) is 28.7 Å². The molecule has 1 rings (SSSR count). The highest BCUT2D eigenvalue weighted by Crippen LogP contribution is 2.14. The molecule has 142 valence electrons. The van der Waals surface area contributed by atoms with Crippen molar-refractivity contribution in [3.8, 4) is 0 Å². The zero-order valence-electron chi connectivity index (χ0n) is 15.0. The lowest BCUT2D eigenvalue weighted by Crippen LogP contribution is -2.44. The van der Waals surface area contributed by atoms with E-state index in [1.54, 1.807) is 17.5 Å². The molecule has 1 amide bonds. The van der Waals surface area contributed by atoms with Gasteiger partial charge in [-0.3, -0.25) is 4.79 Å². The van der Waals surface area contributed by atoms with Crippen molar-refractivity contribution in [2.45, 2.75) is 37.4 Å². The molecule has 0 aliphatic rings. The maximum absolute atomic E-state index is 12.0. The summed E-state index contributed by atoms with van der Waals surface area (Å²) in [4.78, 5) is 16.0. The fourth-order valence-electron chi connectivity index (χ4n) is 1.80. The average Bonchev–Trinajstić information content (AvgIpc) is 3.02. The van der Waals surface area contributed by atoms with Crippen LogP contribution in [0.2, 0.25) is 0 Å². The second-order valence-electron chi connectivity index (χ2n) is 6.25. The van der Waals surface area contributed by atoms with Gasteiger partial charge in [-0.05, 0) is 39.1 Å². The van der Waals surface area contributed by atoms with Gasteiger partial charge < -0.3 is 16.0 Å². The maximum Gasteiger partial charge on any atom is 0.250 e. The summed E-state index contributed by atoms with van der Waals surface area (Å²) in [5.41, 5.74) is -0.307. The smallest absolute Gasteiger partial charge is 0.250 e. The van der Waals surface area contributed by atoms with E-state index in [1.165, 1.54) is 11.3 Å². The quantitative estimate of drug-likeness (QED) is 0.294. The molecule has 0 saturated heterocycles. The molecular weight excluding hydrogens is 362 g/mol. The Morgan fingerprint density at radius 1 is 1.24 bits per heavy atom. The molecule has 0 saturated carbocycles. The number of sulfonamides is 1. The van der Waals surface area contributed by atoms with Gasteiger partial charge >= 0.3 is 0 Å². The van der Waals surface area contributed by atoms with Crippen LogP contribution in [0.15, 0.2) is 26.7 Å². The van der Waals surface area contributed by atoms with Crippen molar-refractivity contribution in [3.63, 3.8) is 0 Å². The Kier molecular flexibility index (Phi) is 8.33. The van der Waals surface area contributed by atoms with Crippen molar-refractivity contribution in [2.24, 2.45) is 4.99 Å². The molecule has 1 aromatic rings. The van der Waals surface area contributed by atoms with Gasteiger partial charge in [0.25, 0.3) is 0 Å². The van der Waals surface area contributed by atoms with E-state index in [2.05, 4.69) is 25.7 Å². The summed E-state index contributed by atoms with van der Waals surface area (Å²) in [6.45, 7) is 8.79. The molecule has 4 N–H and O–H groups in total. The molecule has 0 unspecified atom stereocenters. The lowest BCUT2D eigenvalue weighted by atomic mass is 10.1. The Bertz CT molecular complexity index is 664. The second-order valence-corrected chi connectivity index (χ2v) is 9.19. The Morgan fingerprint density at radius 3 is 2.52 bits per heavy atom. The highest BCUT2D eigenvalue weighted by atomic mass is 32.2. The molecule has 1 heterocycles. The van der Waals surface area contributed by atoms with Crippen LogP contribution < -0.4 is 20.7 Å². The van der Waals surface area contributed by atoms with E-state index in [0.29, 0.717) is 19.0 Å². The molecular formula is C15H27N5O3S2. The van der Waals surface area contributed by atoms with Crippen LogP contribution in [0.25, 0.3) is 0 Å². The van der Waals surface area contributed by atoms with Gasteiger partial charge in [-0.2, -0.15) is 0 Å². The van der Waals surface area contributed by atoms with Crippen molar-refractivity contribution in [1.29, 1.82) is 0 Å². The van der Waals surface area contributed by atoms with Crippen molar-refractivity contribution in [1.82, 2.24) is 20.7 Å². The predicted molar refractivity (Wildman–Crippen MR) is 101 cm³/mol. The minimum Gasteiger partial charge on any atom is -0.357 e. The lowest BCUT2D eigenvalue weighted by Gasteiger charge is -2.20. The van der Waals surface area contributed by atoms with Crippen LogP contribution in [-0.4, -0.2) is 52.0 Å². The molecule has 1 aromatic heterocycles. The standard InChI is InChI=1S/C15H27N5O3S2/c1-5-16-14(18-11-12(21)20-15(2,3)4)17-8-9-19-25(22,23)13-7-6-10-24-13/h6-7,10,19H,5,8-9,11H2,1-4H3,(H,20,21)(H2,16,17,18). The van der Waals surface area contributed by atoms with E-state index < -0.39 is 10.0 Å². The van der Waals surface area contributed by atoms with Crippen LogP contribution >= 0.6 is 11.3 Å². The SMILES string of the molecule is CCNC(=NCC(=O)NC(C)(C)C)NCCNS(=O)(=O)c1cccs1. The molecule has 8 nitrogen and oxygen atoms in total. The van der Waals surface area contributed by atoms with Gasteiger partial charge in [-0.15, -0.1) is 11.3 Å². The topological polar surface area (TPSA) is 112 Å². The van der Waals surface area contributed by atoms with Gasteiger partial charge in [-0.1, -0.05) is 6.07 Å². The number of hydrogen-bond acceptors (Lipinski definition) is 5. The van der Waals surface area contributed by atoms with Gasteiger partial charge in [0.1, 0.15) is 10.8 Å². The van der Waals surface area contributed by atoms with E-state index in [9.17, 15) is 13.2 Å². The highest BCUT2D eigenvalue weighted by Gasteiger charge is 2.14. The molecule has 25 heavy (non-hydrogen) atoms. The number of nitrogens with zero attached hydrogens (tertiary/aromatic N) is 1. The Hall–Kier alpha value is -1.65. The fraction of sp³-hybridized carbons (Fsp3) is 0.600. The van der Waals surface area contributed by atoms with E-state index in [1.807, 2.05) is 27.7 Å². The molecule has 0 bridgehead atoms. The molecule has 0 fully saturated rings. The van der Waals surface area contributed by atoms with Gasteiger partial charge in [0.2, 0.25) is 15.9 Å². The number of carbonyl (C=O) groups excluding carboxylic acids is 1. The van der Waals surface area contributed by atoms with Crippen LogP contribution in [0.3, 0.4) is 0 Å². The van der Waals surface area contributed by atoms with Crippen molar-refractivity contribution in [2.75, 3.05) is 26.2 Å². The monoisotopic (exact) mass is 389 g/mol. The van der Waals surface area contributed by atoms with Gasteiger partial charge in [0, 0.05) is 25.2 Å². The third kappa shape index (κ3) is 8.84. The summed E-state index contributed by atoms with van der Waals surface area (Å²) >= 11 is 1.17. The molecule has 0 radical (unpaired) electrons. The first kappa shape index (κ1) is 21.4. The van der Waals surface area contributed by atoms with Crippen LogP contribution in [0.5, 0.6) is 0 Å². The normalized spacial score (nSPS) is 12.7. The molecule has 0 aliphatic heterocycles. The third-order valence-electron chi connectivity index (χ3n) is 2.71. The zero-order valence-corrected chi connectivity index (χ0v) is 16.7. The van der Waals surface area contributed by atoms with E-state index >= 15 is 0 Å².